The number of allylic oxidation sites excluding steroid dienone is 2. The van der Waals surface area contributed by atoms with Crippen LogP contribution in [0, 0.1) is 0 Å². The van der Waals surface area contributed by atoms with Crippen molar-refractivity contribution in [1.29, 1.82) is 0 Å². The molecule has 0 aromatic heterocycles. The van der Waals surface area contributed by atoms with Gasteiger partial charge in [0, 0.05) is 12.8 Å². The lowest BCUT2D eigenvalue weighted by Gasteiger charge is -2.33. The van der Waals surface area contributed by atoms with Crippen LogP contribution in [-0.4, -0.2) is 28.2 Å². The van der Waals surface area contributed by atoms with E-state index in [0.717, 1.165) is 12.8 Å². The van der Waals surface area contributed by atoms with Crippen molar-refractivity contribution in [2.45, 2.75) is 38.0 Å². The van der Waals surface area contributed by atoms with E-state index >= 15 is 0 Å². The maximum Gasteiger partial charge on any atom is 0.338 e. The van der Waals surface area contributed by atoms with Gasteiger partial charge in [-0.3, -0.25) is 0 Å². The number of carbonyl (C=O) groups is 1. The fourth-order valence-corrected chi connectivity index (χ4v) is 2.40. The largest absolute Gasteiger partial charge is 0.435 e. The van der Waals surface area contributed by atoms with Crippen LogP contribution in [0.5, 0.6) is 0 Å². The number of carbonyl (C=O) groups excluding carboxylic acids is 1. The Labute approximate surface area is 104 Å². The van der Waals surface area contributed by atoms with Gasteiger partial charge in [0.15, 0.2) is 5.41 Å². The first-order chi connectivity index (χ1) is 7.98. The lowest BCUT2D eigenvalue weighted by atomic mass is 10.2. The molecule has 0 spiro atoms. The van der Waals surface area contributed by atoms with Crippen molar-refractivity contribution in [3.05, 3.63) is 24.1 Å². The van der Waals surface area contributed by atoms with Gasteiger partial charge in [0.05, 0.1) is 22.4 Å². The summed E-state index contributed by atoms with van der Waals surface area (Å²) in [4.78, 5) is 11.7. The fourth-order valence-electron chi connectivity index (χ4n) is 1.65. The molecule has 3 nitrogen and oxygen atoms in total. The third-order valence-electron chi connectivity index (χ3n) is 2.78. The van der Waals surface area contributed by atoms with Gasteiger partial charge in [-0.05, 0) is 19.8 Å². The molecule has 0 saturated carbocycles. The van der Waals surface area contributed by atoms with Crippen LogP contribution in [0.25, 0.3) is 0 Å². The topological polar surface area (TPSA) is 35.5 Å². The van der Waals surface area contributed by atoms with Gasteiger partial charge >= 0.3 is 5.97 Å². The molecule has 1 rings (SSSR count). The second-order valence-electron chi connectivity index (χ2n) is 4.35. The van der Waals surface area contributed by atoms with Gasteiger partial charge in [0.2, 0.25) is 0 Å². The zero-order chi connectivity index (χ0) is 12.9. The molecule has 0 aromatic carbocycles. The summed E-state index contributed by atoms with van der Waals surface area (Å²) in [6, 6.07) is 0. The van der Waals surface area contributed by atoms with Gasteiger partial charge in [0.25, 0.3) is 0 Å². The van der Waals surface area contributed by atoms with E-state index in [2.05, 4.69) is 6.58 Å². The Morgan fingerprint density at radius 1 is 1.65 bits per heavy atom. The van der Waals surface area contributed by atoms with Crippen LogP contribution >= 0.6 is 0 Å². The quantitative estimate of drug-likeness (QED) is 0.332. The average Bonchev–Trinajstić information content (AvgIpc) is 2.28. The third-order valence-corrected chi connectivity index (χ3v) is 3.77. The van der Waals surface area contributed by atoms with E-state index in [9.17, 15) is 9.18 Å². The van der Waals surface area contributed by atoms with Crippen molar-refractivity contribution in [3.8, 4) is 0 Å². The van der Waals surface area contributed by atoms with Crippen LogP contribution in [0.3, 0.4) is 0 Å². The highest BCUT2D eigenvalue weighted by molar-refractivity contribution is 6.14. The minimum absolute atomic E-state index is 0.00861. The molecule has 96 valence electrons. The van der Waals surface area contributed by atoms with Gasteiger partial charge in [-0.1, -0.05) is 6.08 Å². The van der Waals surface area contributed by atoms with E-state index in [0.29, 0.717) is 23.3 Å². The maximum absolute atomic E-state index is 13.4. The Morgan fingerprint density at radius 3 is 2.88 bits per heavy atom. The number of hydrogen-bond donors (Lipinski definition) is 0. The van der Waals surface area contributed by atoms with Crippen LogP contribution in [0.4, 0.5) is 4.39 Å². The fraction of sp³-hybridized carbons (Fsp3) is 0.583. The second-order valence-corrected chi connectivity index (χ2v) is 5.88. The number of esters is 1. The molecular formula is C12H19FO3Si. The summed E-state index contributed by atoms with van der Waals surface area (Å²) in [7, 11) is 0.592. The second kappa shape index (κ2) is 6.12. The van der Waals surface area contributed by atoms with Gasteiger partial charge in [0.1, 0.15) is 5.83 Å². The standard InChI is InChI=1S/C12H19FO3Si/c1-3-6-10(13)9(2)11(14)16-12(17)7-4-5-8-15-12/h3H,1,4-8H2,2,17H3. The van der Waals surface area contributed by atoms with Gasteiger partial charge in [-0.2, -0.15) is 0 Å². The van der Waals surface area contributed by atoms with Crippen LogP contribution in [0.15, 0.2) is 24.1 Å². The van der Waals surface area contributed by atoms with Crippen LogP contribution in [-0.2, 0) is 14.3 Å². The Balaban J connectivity index is 2.64. The smallest absolute Gasteiger partial charge is 0.338 e. The monoisotopic (exact) mass is 258 g/mol. The summed E-state index contributed by atoms with van der Waals surface area (Å²) in [6.45, 7) is 5.46. The lowest BCUT2D eigenvalue weighted by Crippen LogP contribution is -2.41. The Bertz CT molecular complexity index is 333. The Kier molecular flexibility index (Phi) is 5.08. The number of rotatable bonds is 4. The van der Waals surface area contributed by atoms with Crippen LogP contribution in [0.1, 0.15) is 32.6 Å². The van der Waals surface area contributed by atoms with Crippen molar-refractivity contribution in [2.24, 2.45) is 0 Å². The van der Waals surface area contributed by atoms with Crippen molar-refractivity contribution in [3.63, 3.8) is 0 Å². The summed E-state index contributed by atoms with van der Waals surface area (Å²) in [5.41, 5.74) is -0.764. The molecule has 0 N–H and O–H groups in total. The summed E-state index contributed by atoms with van der Waals surface area (Å²) < 4.78 is 24.2. The van der Waals surface area contributed by atoms with Gasteiger partial charge in [-0.15, -0.1) is 6.58 Å². The molecule has 17 heavy (non-hydrogen) atoms. The molecule has 0 radical (unpaired) electrons. The Morgan fingerprint density at radius 2 is 2.35 bits per heavy atom. The minimum Gasteiger partial charge on any atom is -0.435 e. The van der Waals surface area contributed by atoms with Crippen molar-refractivity contribution >= 4 is 16.2 Å². The summed E-state index contributed by atoms with van der Waals surface area (Å²) in [5, 5.41) is 0. The molecule has 1 heterocycles. The van der Waals surface area contributed by atoms with Gasteiger partial charge in [-0.25, -0.2) is 9.18 Å². The highest BCUT2D eigenvalue weighted by Gasteiger charge is 2.32. The summed E-state index contributed by atoms with van der Waals surface area (Å²) >= 11 is 0. The molecule has 1 fully saturated rings. The Hall–Kier alpha value is -0.943. The molecule has 0 aromatic rings. The molecule has 5 heteroatoms. The van der Waals surface area contributed by atoms with Crippen LogP contribution in [0.2, 0.25) is 0 Å². The van der Waals surface area contributed by atoms with E-state index in [1.54, 1.807) is 0 Å². The predicted molar refractivity (Wildman–Crippen MR) is 67.2 cm³/mol. The van der Waals surface area contributed by atoms with E-state index < -0.39 is 17.2 Å². The number of ether oxygens (including phenoxy) is 2. The molecule has 1 aliphatic rings. The predicted octanol–water partition coefficient (Wildman–Crippen LogP) is 1.57. The summed E-state index contributed by atoms with van der Waals surface area (Å²) in [5.74, 6) is -1.12. The molecule has 1 atom stereocenters. The van der Waals surface area contributed by atoms with Crippen LogP contribution < -0.4 is 0 Å². The molecule has 1 unspecified atom stereocenters. The first kappa shape index (κ1) is 14.1. The molecule has 1 aliphatic heterocycles. The van der Waals surface area contributed by atoms with Crippen molar-refractivity contribution < 1.29 is 18.7 Å². The zero-order valence-electron chi connectivity index (χ0n) is 10.4. The molecule has 0 amide bonds. The molecular weight excluding hydrogens is 239 g/mol. The number of halogens is 1. The average molecular weight is 258 g/mol. The van der Waals surface area contributed by atoms with E-state index in [4.69, 9.17) is 9.47 Å². The maximum atomic E-state index is 13.4. The first-order valence-electron chi connectivity index (χ1n) is 5.82. The van der Waals surface area contributed by atoms with Crippen molar-refractivity contribution in [2.75, 3.05) is 6.61 Å². The molecule has 0 bridgehead atoms. The lowest BCUT2D eigenvalue weighted by molar-refractivity contribution is -0.202. The molecule has 0 aliphatic carbocycles. The molecule has 1 saturated heterocycles. The third kappa shape index (κ3) is 4.09. The van der Waals surface area contributed by atoms with E-state index in [1.165, 1.54) is 13.0 Å². The first-order valence-corrected chi connectivity index (χ1v) is 6.82. The van der Waals surface area contributed by atoms with E-state index in [-0.39, 0.29) is 12.0 Å². The SMILES string of the molecule is C=CCC(F)=C(C)C(=O)OC1([SiH3])CCCCO1. The minimum atomic E-state index is -0.773. The number of hydrogen-bond acceptors (Lipinski definition) is 3. The van der Waals surface area contributed by atoms with E-state index in [1.807, 2.05) is 0 Å². The van der Waals surface area contributed by atoms with Crippen molar-refractivity contribution in [1.82, 2.24) is 0 Å². The normalized spacial score (nSPS) is 26.2. The highest BCUT2D eigenvalue weighted by atomic mass is 28.1. The summed E-state index contributed by atoms with van der Waals surface area (Å²) in [6.07, 6.45) is 4.15. The van der Waals surface area contributed by atoms with Gasteiger partial charge < -0.3 is 9.47 Å². The highest BCUT2D eigenvalue weighted by Crippen LogP contribution is 2.25. The zero-order valence-corrected chi connectivity index (χ0v) is 12.4.